The van der Waals surface area contributed by atoms with E-state index in [4.69, 9.17) is 33.3 Å². The van der Waals surface area contributed by atoms with Crippen molar-refractivity contribution in [1.29, 1.82) is 0 Å². The van der Waals surface area contributed by atoms with Gasteiger partial charge >= 0.3 is 0 Å². The Kier molecular flexibility index (Phi) is 6.40. The van der Waals surface area contributed by atoms with Crippen LogP contribution in [0.1, 0.15) is 5.56 Å². The lowest BCUT2D eigenvalue weighted by Gasteiger charge is -2.12. The van der Waals surface area contributed by atoms with Gasteiger partial charge in [0.25, 0.3) is 0 Å². The summed E-state index contributed by atoms with van der Waals surface area (Å²) in [6.07, 6.45) is 0. The highest BCUT2D eigenvalue weighted by atomic mass is 35.5. The zero-order valence-electron chi connectivity index (χ0n) is 14.5. The molecule has 8 heteroatoms. The number of thiocarbonyl (C=S) groups is 1. The van der Waals surface area contributed by atoms with Crippen LogP contribution in [-0.2, 0) is 6.54 Å². The first-order chi connectivity index (χ1) is 13.1. The number of rotatable bonds is 6. The Morgan fingerprint density at radius 2 is 1.74 bits per heavy atom. The third-order valence-electron chi connectivity index (χ3n) is 3.48. The highest BCUT2D eigenvalue weighted by molar-refractivity contribution is 7.80. The molecule has 0 saturated carbocycles. The summed E-state index contributed by atoms with van der Waals surface area (Å²) in [5.74, 6) is 1.61. The van der Waals surface area contributed by atoms with E-state index in [2.05, 4.69) is 20.6 Å². The second-order valence-electron chi connectivity index (χ2n) is 5.39. The number of nitrogens with zero attached hydrogens (tertiary/aromatic N) is 2. The quantitative estimate of drug-likeness (QED) is 0.593. The number of benzene rings is 2. The molecule has 0 amide bonds. The Bertz CT molecular complexity index is 925. The molecule has 0 aliphatic rings. The normalized spacial score (nSPS) is 10.1. The average molecular weight is 401 g/mol. The number of para-hydroxylation sites is 1. The highest BCUT2D eigenvalue weighted by Gasteiger charge is 2.09. The molecule has 0 radical (unpaired) electrons. The summed E-state index contributed by atoms with van der Waals surface area (Å²) in [6, 6.07) is 18.5. The van der Waals surface area contributed by atoms with Crippen molar-refractivity contribution in [2.75, 3.05) is 12.4 Å². The van der Waals surface area contributed by atoms with Gasteiger partial charge in [0.1, 0.15) is 5.75 Å². The van der Waals surface area contributed by atoms with Crippen LogP contribution in [0.5, 0.6) is 17.5 Å². The first-order valence-corrected chi connectivity index (χ1v) is 8.87. The molecule has 3 rings (SSSR count). The maximum absolute atomic E-state index is 6.14. The fourth-order valence-corrected chi connectivity index (χ4v) is 2.55. The van der Waals surface area contributed by atoms with Crippen molar-refractivity contribution in [2.24, 2.45) is 0 Å². The Morgan fingerprint density at radius 1 is 1.04 bits per heavy atom. The average Bonchev–Trinajstić information content (AvgIpc) is 2.68. The second-order valence-corrected chi connectivity index (χ2v) is 6.20. The van der Waals surface area contributed by atoms with Crippen molar-refractivity contribution in [3.05, 3.63) is 71.2 Å². The number of aromatic nitrogens is 2. The molecule has 1 heterocycles. The largest absolute Gasteiger partial charge is 0.481 e. The van der Waals surface area contributed by atoms with E-state index in [-0.39, 0.29) is 5.95 Å². The zero-order valence-corrected chi connectivity index (χ0v) is 16.1. The maximum atomic E-state index is 6.14. The molecule has 0 aliphatic heterocycles. The fraction of sp³-hybridized carbons (Fsp3) is 0.105. The number of methoxy groups -OCH3 is 1. The van der Waals surface area contributed by atoms with Crippen molar-refractivity contribution in [2.45, 2.75) is 6.54 Å². The van der Waals surface area contributed by atoms with Crippen LogP contribution in [0.3, 0.4) is 0 Å². The summed E-state index contributed by atoms with van der Waals surface area (Å²) in [5.41, 5.74) is 0.933. The molecule has 0 spiro atoms. The molecule has 138 valence electrons. The fourth-order valence-electron chi connectivity index (χ4n) is 2.19. The number of ether oxygens (including phenoxy) is 2. The van der Waals surface area contributed by atoms with Crippen molar-refractivity contribution < 1.29 is 9.47 Å². The van der Waals surface area contributed by atoms with Gasteiger partial charge in [0.2, 0.25) is 17.7 Å². The summed E-state index contributed by atoms with van der Waals surface area (Å²) in [4.78, 5) is 8.54. The molecule has 2 N–H and O–H groups in total. The van der Waals surface area contributed by atoms with Gasteiger partial charge in [0, 0.05) is 11.6 Å². The van der Waals surface area contributed by atoms with Crippen LogP contribution < -0.4 is 20.1 Å². The van der Waals surface area contributed by atoms with Gasteiger partial charge in [-0.2, -0.15) is 9.97 Å². The summed E-state index contributed by atoms with van der Waals surface area (Å²) < 4.78 is 10.9. The minimum Gasteiger partial charge on any atom is -0.481 e. The summed E-state index contributed by atoms with van der Waals surface area (Å²) in [7, 11) is 1.52. The third-order valence-corrected chi connectivity index (χ3v) is 4.09. The lowest BCUT2D eigenvalue weighted by atomic mass is 10.2. The lowest BCUT2D eigenvalue weighted by Crippen LogP contribution is -2.28. The summed E-state index contributed by atoms with van der Waals surface area (Å²) in [6.45, 7) is 0.475. The van der Waals surface area contributed by atoms with Crippen LogP contribution >= 0.6 is 23.8 Å². The molecule has 1 aromatic heterocycles. The van der Waals surface area contributed by atoms with E-state index < -0.39 is 0 Å². The number of anilines is 1. The molecular formula is C19H17ClN4O2S. The summed E-state index contributed by atoms with van der Waals surface area (Å²) >= 11 is 11.4. The minimum absolute atomic E-state index is 0.261. The lowest BCUT2D eigenvalue weighted by molar-refractivity contribution is 0.389. The van der Waals surface area contributed by atoms with E-state index in [1.807, 2.05) is 54.6 Å². The van der Waals surface area contributed by atoms with Crippen LogP contribution in [0.15, 0.2) is 60.7 Å². The standard InChI is InChI=1S/C19H17ClN4O2S/c1-25-16-11-17(26-14-8-3-2-4-9-14)23-18(22-16)24-19(27)21-12-13-7-5-6-10-15(13)20/h2-11H,12H2,1H3,(H2,21,22,23,24,27). The van der Waals surface area contributed by atoms with Crippen LogP contribution in [0.4, 0.5) is 5.95 Å². The van der Waals surface area contributed by atoms with Gasteiger partial charge in [-0.05, 0) is 36.0 Å². The van der Waals surface area contributed by atoms with Crippen molar-refractivity contribution in [1.82, 2.24) is 15.3 Å². The smallest absolute Gasteiger partial charge is 0.235 e. The van der Waals surface area contributed by atoms with E-state index in [0.717, 1.165) is 5.56 Å². The molecule has 0 saturated heterocycles. The number of hydrogen-bond acceptors (Lipinski definition) is 5. The Morgan fingerprint density at radius 3 is 2.48 bits per heavy atom. The predicted molar refractivity (Wildman–Crippen MR) is 110 cm³/mol. The van der Waals surface area contributed by atoms with Gasteiger partial charge in [-0.15, -0.1) is 0 Å². The molecule has 27 heavy (non-hydrogen) atoms. The molecule has 0 unspecified atom stereocenters. The van der Waals surface area contributed by atoms with Crippen LogP contribution in [0, 0.1) is 0 Å². The van der Waals surface area contributed by atoms with E-state index in [9.17, 15) is 0 Å². The topological polar surface area (TPSA) is 68.3 Å². The van der Waals surface area contributed by atoms with E-state index in [1.165, 1.54) is 7.11 Å². The molecule has 3 aromatic rings. The molecule has 0 bridgehead atoms. The van der Waals surface area contributed by atoms with Gasteiger partial charge in [0.05, 0.1) is 13.2 Å². The van der Waals surface area contributed by atoms with Gasteiger partial charge in [-0.25, -0.2) is 0 Å². The first-order valence-electron chi connectivity index (χ1n) is 8.08. The predicted octanol–water partition coefficient (Wildman–Crippen LogP) is 4.42. The molecule has 2 aromatic carbocycles. The molecule has 0 fully saturated rings. The number of hydrogen-bond donors (Lipinski definition) is 2. The van der Waals surface area contributed by atoms with Crippen molar-refractivity contribution >= 4 is 34.9 Å². The maximum Gasteiger partial charge on any atom is 0.235 e. The minimum atomic E-state index is 0.261. The van der Waals surface area contributed by atoms with Gasteiger partial charge in [-0.1, -0.05) is 48.0 Å². The Labute approximate surface area is 167 Å². The van der Waals surface area contributed by atoms with Gasteiger partial charge in [0.15, 0.2) is 5.11 Å². The van der Waals surface area contributed by atoms with Crippen LogP contribution in [0.25, 0.3) is 0 Å². The van der Waals surface area contributed by atoms with E-state index >= 15 is 0 Å². The van der Waals surface area contributed by atoms with Crippen LogP contribution in [-0.4, -0.2) is 22.2 Å². The Balaban J connectivity index is 1.67. The van der Waals surface area contributed by atoms with E-state index in [1.54, 1.807) is 6.07 Å². The highest BCUT2D eigenvalue weighted by Crippen LogP contribution is 2.23. The second kappa shape index (κ2) is 9.16. The summed E-state index contributed by atoms with van der Waals surface area (Å²) in [5, 5.41) is 7.02. The van der Waals surface area contributed by atoms with E-state index in [0.29, 0.717) is 34.2 Å². The van der Waals surface area contributed by atoms with Crippen LogP contribution in [0.2, 0.25) is 5.02 Å². The molecular weight excluding hydrogens is 384 g/mol. The zero-order chi connectivity index (χ0) is 19.1. The van der Waals surface area contributed by atoms with Gasteiger partial charge < -0.3 is 20.1 Å². The van der Waals surface area contributed by atoms with Crippen molar-refractivity contribution in [3.8, 4) is 17.5 Å². The monoisotopic (exact) mass is 400 g/mol. The first kappa shape index (κ1) is 18.9. The molecule has 6 nitrogen and oxygen atoms in total. The Hall–Kier alpha value is -2.90. The molecule has 0 aliphatic carbocycles. The number of halogens is 1. The van der Waals surface area contributed by atoms with Gasteiger partial charge in [-0.3, -0.25) is 0 Å². The van der Waals surface area contributed by atoms with Crippen molar-refractivity contribution in [3.63, 3.8) is 0 Å². The number of nitrogens with one attached hydrogen (secondary N) is 2. The molecule has 0 atom stereocenters. The SMILES string of the molecule is COc1cc(Oc2ccccc2)nc(NC(=S)NCc2ccccc2Cl)n1. The third kappa shape index (κ3) is 5.54.